The third kappa shape index (κ3) is 5.47. The summed E-state index contributed by atoms with van der Waals surface area (Å²) in [4.78, 5) is 13.9. The summed E-state index contributed by atoms with van der Waals surface area (Å²) >= 11 is 0. The normalized spacial score (nSPS) is 18.6. The number of nitrogens with one attached hydrogen (secondary N) is 2. The van der Waals surface area contributed by atoms with E-state index in [4.69, 9.17) is 0 Å². The maximum absolute atomic E-state index is 11.5. The fraction of sp³-hybridized carbons (Fsp3) is 0.917. The molecule has 1 saturated heterocycles. The minimum absolute atomic E-state index is 0.111. The summed E-state index contributed by atoms with van der Waals surface area (Å²) in [6.07, 6.45) is 3.67. The Balaban J connectivity index is 2.07. The first-order valence-corrected chi connectivity index (χ1v) is 6.44. The van der Waals surface area contributed by atoms with Crippen molar-refractivity contribution in [3.05, 3.63) is 0 Å². The highest BCUT2D eigenvalue weighted by Crippen LogP contribution is 2.07. The molecule has 1 atom stereocenters. The van der Waals surface area contributed by atoms with Crippen LogP contribution in [-0.2, 0) is 4.79 Å². The molecule has 1 aliphatic heterocycles. The van der Waals surface area contributed by atoms with Gasteiger partial charge in [0.25, 0.3) is 0 Å². The molecule has 1 unspecified atom stereocenters. The molecular weight excluding hydrogens is 202 g/mol. The van der Waals surface area contributed by atoms with Gasteiger partial charge in [0.1, 0.15) is 0 Å². The minimum atomic E-state index is 0.111. The lowest BCUT2D eigenvalue weighted by molar-refractivity contribution is -0.120. The Morgan fingerprint density at radius 1 is 1.38 bits per heavy atom. The van der Waals surface area contributed by atoms with E-state index in [1.807, 2.05) is 0 Å². The predicted octanol–water partition coefficient (Wildman–Crippen LogP) is 0.587. The Labute approximate surface area is 98.8 Å². The van der Waals surface area contributed by atoms with Crippen LogP contribution in [0.1, 0.15) is 33.1 Å². The summed E-state index contributed by atoms with van der Waals surface area (Å²) < 4.78 is 0. The fourth-order valence-electron chi connectivity index (χ4n) is 2.10. The maximum Gasteiger partial charge on any atom is 0.234 e. The minimum Gasteiger partial charge on any atom is -0.351 e. The van der Waals surface area contributed by atoms with Gasteiger partial charge in [0, 0.05) is 12.6 Å². The fourth-order valence-corrected chi connectivity index (χ4v) is 2.10. The van der Waals surface area contributed by atoms with Crippen molar-refractivity contribution in [1.82, 2.24) is 15.5 Å². The molecule has 0 aromatic carbocycles. The van der Waals surface area contributed by atoms with Gasteiger partial charge >= 0.3 is 0 Å². The third-order valence-corrected chi connectivity index (χ3v) is 2.85. The summed E-state index contributed by atoms with van der Waals surface area (Å²) in [6, 6.07) is 0.258. The molecule has 0 aliphatic carbocycles. The van der Waals surface area contributed by atoms with Gasteiger partial charge in [0.05, 0.1) is 6.54 Å². The van der Waals surface area contributed by atoms with Crippen LogP contribution < -0.4 is 10.6 Å². The van der Waals surface area contributed by atoms with E-state index in [0.717, 1.165) is 19.5 Å². The monoisotopic (exact) mass is 227 g/mol. The van der Waals surface area contributed by atoms with E-state index in [2.05, 4.69) is 29.4 Å². The highest BCUT2D eigenvalue weighted by atomic mass is 16.1. The van der Waals surface area contributed by atoms with Crippen LogP contribution in [0.4, 0.5) is 0 Å². The summed E-state index contributed by atoms with van der Waals surface area (Å²) in [5, 5.41) is 6.13. The maximum atomic E-state index is 11.5. The van der Waals surface area contributed by atoms with Gasteiger partial charge in [-0.05, 0) is 45.8 Å². The third-order valence-electron chi connectivity index (χ3n) is 2.85. The number of likely N-dealkylation sites (tertiary alicyclic amines) is 1. The number of carbonyl (C=O) groups excluding carboxylic acids is 1. The smallest absolute Gasteiger partial charge is 0.234 e. The molecule has 1 amide bonds. The molecule has 2 N–H and O–H groups in total. The van der Waals surface area contributed by atoms with Crippen molar-refractivity contribution in [1.29, 1.82) is 0 Å². The van der Waals surface area contributed by atoms with Crippen molar-refractivity contribution in [2.45, 2.75) is 39.2 Å². The summed E-state index contributed by atoms with van der Waals surface area (Å²) in [5.74, 6) is 0.111. The van der Waals surface area contributed by atoms with Crippen molar-refractivity contribution < 1.29 is 4.79 Å². The first kappa shape index (κ1) is 13.5. The second kappa shape index (κ2) is 7.63. The number of nitrogens with zero attached hydrogens (tertiary/aromatic N) is 1. The van der Waals surface area contributed by atoms with Crippen LogP contribution in [0.5, 0.6) is 0 Å². The molecule has 4 nitrogen and oxygen atoms in total. The van der Waals surface area contributed by atoms with E-state index >= 15 is 0 Å². The van der Waals surface area contributed by atoms with Gasteiger partial charge in [-0.1, -0.05) is 6.92 Å². The first-order chi connectivity index (χ1) is 7.72. The van der Waals surface area contributed by atoms with Gasteiger partial charge in [0.2, 0.25) is 5.91 Å². The van der Waals surface area contributed by atoms with E-state index in [1.54, 1.807) is 0 Å². The zero-order valence-corrected chi connectivity index (χ0v) is 10.6. The van der Waals surface area contributed by atoms with Crippen molar-refractivity contribution >= 4 is 5.91 Å². The number of carbonyl (C=O) groups is 1. The lowest BCUT2D eigenvalue weighted by Crippen LogP contribution is -2.44. The van der Waals surface area contributed by atoms with E-state index in [0.29, 0.717) is 6.54 Å². The van der Waals surface area contributed by atoms with Crippen molar-refractivity contribution in [2.24, 2.45) is 0 Å². The molecule has 94 valence electrons. The summed E-state index contributed by atoms with van der Waals surface area (Å²) in [6.45, 7) is 8.89. The van der Waals surface area contributed by atoms with Crippen LogP contribution in [0.3, 0.4) is 0 Å². The second-order valence-electron chi connectivity index (χ2n) is 4.65. The first-order valence-electron chi connectivity index (χ1n) is 6.44. The lowest BCUT2D eigenvalue weighted by Gasteiger charge is -2.21. The van der Waals surface area contributed by atoms with Crippen molar-refractivity contribution in [3.8, 4) is 0 Å². The van der Waals surface area contributed by atoms with Gasteiger partial charge in [-0.15, -0.1) is 0 Å². The highest BCUT2D eigenvalue weighted by molar-refractivity contribution is 5.78. The quantitative estimate of drug-likeness (QED) is 0.626. The molecule has 1 rings (SSSR count). The Hall–Kier alpha value is -0.610. The molecule has 0 aromatic heterocycles. The Morgan fingerprint density at radius 3 is 2.69 bits per heavy atom. The number of hydrogen-bond donors (Lipinski definition) is 2. The highest BCUT2D eigenvalue weighted by Gasteiger charge is 2.15. The van der Waals surface area contributed by atoms with E-state index in [9.17, 15) is 4.79 Å². The number of rotatable bonds is 7. The van der Waals surface area contributed by atoms with E-state index in [1.165, 1.54) is 25.9 Å². The average molecular weight is 227 g/mol. The second-order valence-corrected chi connectivity index (χ2v) is 4.65. The molecule has 4 heteroatoms. The van der Waals surface area contributed by atoms with Gasteiger partial charge in [0.15, 0.2) is 0 Å². The van der Waals surface area contributed by atoms with Crippen molar-refractivity contribution in [3.63, 3.8) is 0 Å². The Morgan fingerprint density at radius 2 is 2.06 bits per heavy atom. The molecule has 1 heterocycles. The molecule has 1 fully saturated rings. The molecular formula is C12H25N3O. The van der Waals surface area contributed by atoms with Crippen LogP contribution in [-0.4, -0.2) is 49.6 Å². The topological polar surface area (TPSA) is 44.4 Å². The van der Waals surface area contributed by atoms with Crippen molar-refractivity contribution in [2.75, 3.05) is 32.7 Å². The number of hydrogen-bond acceptors (Lipinski definition) is 3. The van der Waals surface area contributed by atoms with E-state index < -0.39 is 0 Å². The number of amides is 1. The molecule has 0 spiro atoms. The van der Waals surface area contributed by atoms with Gasteiger partial charge < -0.3 is 15.5 Å². The molecule has 0 saturated carbocycles. The molecule has 1 aliphatic rings. The van der Waals surface area contributed by atoms with Gasteiger partial charge in [-0.3, -0.25) is 4.79 Å². The summed E-state index contributed by atoms with van der Waals surface area (Å²) in [5.41, 5.74) is 0. The standard InChI is InChI=1S/C12H25N3O/c1-3-6-13-9-12(16)14-11(2)10-15-7-4-5-8-15/h11,13H,3-10H2,1-2H3,(H,14,16). The van der Waals surface area contributed by atoms with Crippen LogP contribution in [0.25, 0.3) is 0 Å². The zero-order valence-electron chi connectivity index (χ0n) is 10.6. The van der Waals surface area contributed by atoms with Crippen LogP contribution >= 0.6 is 0 Å². The van der Waals surface area contributed by atoms with Crippen LogP contribution in [0, 0.1) is 0 Å². The zero-order chi connectivity index (χ0) is 11.8. The van der Waals surface area contributed by atoms with Crippen LogP contribution in [0.2, 0.25) is 0 Å². The molecule has 0 radical (unpaired) electrons. The average Bonchev–Trinajstić information content (AvgIpc) is 2.70. The van der Waals surface area contributed by atoms with Crippen LogP contribution in [0.15, 0.2) is 0 Å². The van der Waals surface area contributed by atoms with Gasteiger partial charge in [-0.25, -0.2) is 0 Å². The molecule has 0 aromatic rings. The van der Waals surface area contributed by atoms with Gasteiger partial charge in [-0.2, -0.15) is 0 Å². The molecule has 0 bridgehead atoms. The van der Waals surface area contributed by atoms with E-state index in [-0.39, 0.29) is 11.9 Å². The lowest BCUT2D eigenvalue weighted by atomic mass is 10.3. The SMILES string of the molecule is CCCNCC(=O)NC(C)CN1CCCC1. The largest absolute Gasteiger partial charge is 0.351 e. The summed E-state index contributed by atoms with van der Waals surface area (Å²) in [7, 11) is 0. The Bertz CT molecular complexity index is 202. The molecule has 16 heavy (non-hydrogen) atoms. The Kier molecular flexibility index (Phi) is 6.42. The predicted molar refractivity (Wildman–Crippen MR) is 66.4 cm³/mol.